The monoisotopic (exact) mass is 228 g/mol. The molecule has 2 heterocycles. The number of aromatic nitrogens is 3. The molecular weight excluding hydrogens is 216 g/mol. The standard InChI is InChI=1S/C12H12N4O/c1-8-4-10(15-17-8)6-16-7-14-11-5-9(13)2-3-12(11)16/h2-5,7H,6,13H2,1H3. The first kappa shape index (κ1) is 9.89. The SMILES string of the molecule is Cc1cc(Cn2cnc3cc(N)ccc32)no1. The van der Waals surface area contributed by atoms with Gasteiger partial charge in [-0.2, -0.15) is 0 Å². The van der Waals surface area contributed by atoms with E-state index in [0.29, 0.717) is 6.54 Å². The van der Waals surface area contributed by atoms with Crippen LogP contribution in [0.4, 0.5) is 5.69 Å². The highest BCUT2D eigenvalue weighted by atomic mass is 16.5. The number of fused-ring (bicyclic) bond motifs is 1. The summed E-state index contributed by atoms with van der Waals surface area (Å²) in [7, 11) is 0. The van der Waals surface area contributed by atoms with E-state index in [-0.39, 0.29) is 0 Å². The smallest absolute Gasteiger partial charge is 0.133 e. The van der Waals surface area contributed by atoms with Crippen LogP contribution >= 0.6 is 0 Å². The molecule has 17 heavy (non-hydrogen) atoms. The topological polar surface area (TPSA) is 69.9 Å². The van der Waals surface area contributed by atoms with Crippen molar-refractivity contribution in [2.45, 2.75) is 13.5 Å². The van der Waals surface area contributed by atoms with E-state index in [9.17, 15) is 0 Å². The molecule has 0 saturated heterocycles. The van der Waals surface area contributed by atoms with Crippen molar-refractivity contribution < 1.29 is 4.52 Å². The Balaban J connectivity index is 2.00. The summed E-state index contributed by atoms with van der Waals surface area (Å²) in [6.07, 6.45) is 1.79. The number of rotatable bonds is 2. The minimum Gasteiger partial charge on any atom is -0.399 e. The molecule has 0 aliphatic carbocycles. The number of imidazole rings is 1. The van der Waals surface area contributed by atoms with E-state index in [4.69, 9.17) is 10.3 Å². The number of hydrogen-bond acceptors (Lipinski definition) is 4. The largest absolute Gasteiger partial charge is 0.399 e. The number of benzene rings is 1. The maximum Gasteiger partial charge on any atom is 0.133 e. The maximum absolute atomic E-state index is 5.71. The van der Waals surface area contributed by atoms with Crippen LogP contribution in [0, 0.1) is 6.92 Å². The van der Waals surface area contributed by atoms with Gasteiger partial charge in [0, 0.05) is 11.8 Å². The first-order chi connectivity index (χ1) is 8.22. The number of nitrogens with two attached hydrogens (primary N) is 1. The lowest BCUT2D eigenvalue weighted by Crippen LogP contribution is -1.97. The van der Waals surface area contributed by atoms with Crippen LogP contribution < -0.4 is 5.73 Å². The van der Waals surface area contributed by atoms with Gasteiger partial charge in [-0.15, -0.1) is 0 Å². The Morgan fingerprint density at radius 1 is 1.35 bits per heavy atom. The van der Waals surface area contributed by atoms with Gasteiger partial charge >= 0.3 is 0 Å². The van der Waals surface area contributed by atoms with Crippen LogP contribution in [0.2, 0.25) is 0 Å². The fraction of sp³-hybridized carbons (Fsp3) is 0.167. The third-order valence-corrected chi connectivity index (χ3v) is 2.65. The van der Waals surface area contributed by atoms with Crippen molar-refractivity contribution in [1.82, 2.24) is 14.7 Å². The van der Waals surface area contributed by atoms with E-state index in [1.165, 1.54) is 0 Å². The molecule has 2 N–H and O–H groups in total. The number of anilines is 1. The van der Waals surface area contributed by atoms with Crippen molar-refractivity contribution in [1.29, 1.82) is 0 Å². The van der Waals surface area contributed by atoms with Gasteiger partial charge in [-0.05, 0) is 25.1 Å². The maximum atomic E-state index is 5.71. The zero-order chi connectivity index (χ0) is 11.8. The predicted octanol–water partition coefficient (Wildman–Crippen LogP) is 1.96. The van der Waals surface area contributed by atoms with Crippen LogP contribution in [-0.4, -0.2) is 14.7 Å². The quantitative estimate of drug-likeness (QED) is 0.681. The lowest BCUT2D eigenvalue weighted by atomic mass is 10.3. The number of aryl methyl sites for hydroxylation is 1. The lowest BCUT2D eigenvalue weighted by Gasteiger charge is -2.00. The molecule has 0 fully saturated rings. The fourth-order valence-electron chi connectivity index (χ4n) is 1.87. The van der Waals surface area contributed by atoms with E-state index >= 15 is 0 Å². The van der Waals surface area contributed by atoms with Gasteiger partial charge in [0.1, 0.15) is 11.5 Å². The van der Waals surface area contributed by atoms with Gasteiger partial charge in [0.15, 0.2) is 0 Å². The zero-order valence-electron chi connectivity index (χ0n) is 9.42. The zero-order valence-corrected chi connectivity index (χ0v) is 9.42. The highest BCUT2D eigenvalue weighted by molar-refractivity contribution is 5.78. The van der Waals surface area contributed by atoms with E-state index in [1.807, 2.05) is 35.8 Å². The molecule has 1 aromatic carbocycles. The first-order valence-electron chi connectivity index (χ1n) is 5.35. The molecule has 3 aromatic rings. The molecular formula is C12H12N4O. The Morgan fingerprint density at radius 3 is 3.00 bits per heavy atom. The minimum atomic E-state index is 0.651. The van der Waals surface area contributed by atoms with E-state index in [1.54, 1.807) is 6.33 Å². The van der Waals surface area contributed by atoms with Crippen molar-refractivity contribution in [3.63, 3.8) is 0 Å². The number of hydrogen-bond donors (Lipinski definition) is 1. The number of nitrogen functional groups attached to an aromatic ring is 1. The van der Waals surface area contributed by atoms with Crippen LogP contribution in [0.15, 0.2) is 35.1 Å². The summed E-state index contributed by atoms with van der Waals surface area (Å²) in [6, 6.07) is 7.61. The Morgan fingerprint density at radius 2 is 2.24 bits per heavy atom. The van der Waals surface area contributed by atoms with Crippen LogP contribution in [0.3, 0.4) is 0 Å². The van der Waals surface area contributed by atoms with Crippen molar-refractivity contribution in [2.24, 2.45) is 0 Å². The average molecular weight is 228 g/mol. The van der Waals surface area contributed by atoms with Gasteiger partial charge in [-0.1, -0.05) is 5.16 Å². The Bertz CT molecular complexity index is 668. The molecule has 2 aromatic heterocycles. The third kappa shape index (κ3) is 1.75. The van der Waals surface area contributed by atoms with Crippen molar-refractivity contribution in [3.05, 3.63) is 42.0 Å². The molecule has 0 aliphatic heterocycles. The molecule has 0 saturated carbocycles. The van der Waals surface area contributed by atoms with Crippen LogP contribution in [-0.2, 0) is 6.54 Å². The van der Waals surface area contributed by atoms with Gasteiger partial charge in [-0.3, -0.25) is 0 Å². The van der Waals surface area contributed by atoms with Gasteiger partial charge in [0.25, 0.3) is 0 Å². The summed E-state index contributed by atoms with van der Waals surface area (Å²) in [5.74, 6) is 0.814. The normalized spacial score (nSPS) is 11.1. The summed E-state index contributed by atoms with van der Waals surface area (Å²) in [6.45, 7) is 2.53. The van der Waals surface area contributed by atoms with Crippen molar-refractivity contribution in [3.8, 4) is 0 Å². The molecule has 0 unspecified atom stereocenters. The van der Waals surface area contributed by atoms with Crippen LogP contribution in [0.25, 0.3) is 11.0 Å². The predicted molar refractivity (Wildman–Crippen MR) is 64.5 cm³/mol. The second-order valence-corrected chi connectivity index (χ2v) is 4.05. The Labute approximate surface area is 97.8 Å². The second kappa shape index (κ2) is 3.62. The highest BCUT2D eigenvalue weighted by Gasteiger charge is 2.06. The highest BCUT2D eigenvalue weighted by Crippen LogP contribution is 2.17. The fourth-order valence-corrected chi connectivity index (χ4v) is 1.87. The second-order valence-electron chi connectivity index (χ2n) is 4.05. The summed E-state index contributed by atoms with van der Waals surface area (Å²) >= 11 is 0. The van der Waals surface area contributed by atoms with Crippen LogP contribution in [0.1, 0.15) is 11.5 Å². The molecule has 0 spiro atoms. The summed E-state index contributed by atoms with van der Waals surface area (Å²) in [5.41, 5.74) is 9.26. The molecule has 0 atom stereocenters. The number of nitrogens with zero attached hydrogens (tertiary/aromatic N) is 3. The van der Waals surface area contributed by atoms with Gasteiger partial charge in [0.2, 0.25) is 0 Å². The minimum absolute atomic E-state index is 0.651. The molecule has 3 rings (SSSR count). The van der Waals surface area contributed by atoms with Gasteiger partial charge in [-0.25, -0.2) is 4.98 Å². The van der Waals surface area contributed by atoms with E-state index in [0.717, 1.165) is 28.2 Å². The molecule has 0 amide bonds. The third-order valence-electron chi connectivity index (χ3n) is 2.65. The molecule has 5 heteroatoms. The summed E-state index contributed by atoms with van der Waals surface area (Å²) in [5, 5.41) is 3.97. The van der Waals surface area contributed by atoms with Gasteiger partial charge < -0.3 is 14.8 Å². The Kier molecular flexibility index (Phi) is 2.11. The molecule has 86 valence electrons. The van der Waals surface area contributed by atoms with Crippen LogP contribution in [0.5, 0.6) is 0 Å². The van der Waals surface area contributed by atoms with Crippen molar-refractivity contribution >= 4 is 16.7 Å². The molecule has 5 nitrogen and oxygen atoms in total. The van der Waals surface area contributed by atoms with E-state index < -0.39 is 0 Å². The first-order valence-corrected chi connectivity index (χ1v) is 5.35. The average Bonchev–Trinajstić information content (AvgIpc) is 2.86. The summed E-state index contributed by atoms with van der Waals surface area (Å²) in [4.78, 5) is 4.31. The molecule has 0 radical (unpaired) electrons. The van der Waals surface area contributed by atoms with Gasteiger partial charge in [0.05, 0.1) is 23.9 Å². The Hall–Kier alpha value is -2.30. The van der Waals surface area contributed by atoms with Crippen molar-refractivity contribution in [2.75, 3.05) is 5.73 Å². The van der Waals surface area contributed by atoms with E-state index in [2.05, 4.69) is 10.1 Å². The molecule has 0 aliphatic rings. The summed E-state index contributed by atoms with van der Waals surface area (Å²) < 4.78 is 7.06. The molecule has 0 bridgehead atoms. The lowest BCUT2D eigenvalue weighted by molar-refractivity contribution is 0.389.